The fourth-order valence-electron chi connectivity index (χ4n) is 3.00. The highest BCUT2D eigenvalue weighted by Gasteiger charge is 2.07. The van der Waals surface area contributed by atoms with Crippen molar-refractivity contribution in [2.45, 2.75) is 6.92 Å². The summed E-state index contributed by atoms with van der Waals surface area (Å²) in [5, 5.41) is 6.23. The third-order valence-electron chi connectivity index (χ3n) is 4.34. The molecule has 1 heterocycles. The van der Waals surface area contributed by atoms with E-state index in [0.717, 1.165) is 16.9 Å². The van der Waals surface area contributed by atoms with Gasteiger partial charge in [0, 0.05) is 28.6 Å². The average Bonchev–Trinajstić information content (AvgIpc) is 2.75. The lowest BCUT2D eigenvalue weighted by molar-refractivity contribution is 0.102. The lowest BCUT2D eigenvalue weighted by atomic mass is 10.1. The van der Waals surface area contributed by atoms with Crippen molar-refractivity contribution in [3.63, 3.8) is 0 Å². The molecule has 2 N–H and O–H groups in total. The third-order valence-corrected chi connectivity index (χ3v) is 4.34. The Morgan fingerprint density at radius 1 is 0.759 bits per heavy atom. The van der Waals surface area contributed by atoms with Crippen LogP contribution in [0.1, 0.15) is 16.2 Å². The molecule has 1 aromatic heterocycles. The van der Waals surface area contributed by atoms with Crippen LogP contribution in [0, 0.1) is 6.92 Å². The van der Waals surface area contributed by atoms with Gasteiger partial charge in [-0.3, -0.25) is 4.79 Å². The van der Waals surface area contributed by atoms with Crippen LogP contribution in [0.4, 0.5) is 17.2 Å². The SMILES string of the molecule is Cc1nc(Nc2cccc(NC(=O)c3ccccc3)c2)cc(-c2ccccc2)n1. The first-order valence-electron chi connectivity index (χ1n) is 9.32. The predicted octanol–water partition coefficient (Wildman–Crippen LogP) is 5.45. The largest absolute Gasteiger partial charge is 0.340 e. The molecule has 0 unspecified atom stereocenters. The lowest BCUT2D eigenvalue weighted by Crippen LogP contribution is -2.11. The molecular formula is C24H20N4O. The molecule has 1 amide bonds. The molecule has 0 aliphatic rings. The first-order chi connectivity index (χ1) is 14.2. The highest BCUT2D eigenvalue weighted by atomic mass is 16.1. The minimum absolute atomic E-state index is 0.146. The second-order valence-corrected chi connectivity index (χ2v) is 6.58. The van der Waals surface area contributed by atoms with Gasteiger partial charge in [-0.1, -0.05) is 54.6 Å². The Bertz CT molecular complexity index is 1130. The van der Waals surface area contributed by atoms with Crippen molar-refractivity contribution in [1.82, 2.24) is 9.97 Å². The van der Waals surface area contributed by atoms with Crippen LogP contribution in [-0.2, 0) is 0 Å². The second kappa shape index (κ2) is 8.35. The molecule has 142 valence electrons. The van der Waals surface area contributed by atoms with Crippen LogP contribution in [0.25, 0.3) is 11.3 Å². The van der Waals surface area contributed by atoms with Gasteiger partial charge in [0.2, 0.25) is 0 Å². The zero-order valence-electron chi connectivity index (χ0n) is 16.0. The highest BCUT2D eigenvalue weighted by molar-refractivity contribution is 6.04. The van der Waals surface area contributed by atoms with Crippen LogP contribution in [0.2, 0.25) is 0 Å². The minimum atomic E-state index is -0.146. The quantitative estimate of drug-likeness (QED) is 0.483. The van der Waals surface area contributed by atoms with Gasteiger partial charge in [-0.2, -0.15) is 0 Å². The molecule has 0 radical (unpaired) electrons. The fourth-order valence-corrected chi connectivity index (χ4v) is 3.00. The standard InChI is InChI=1S/C24H20N4O/c1-17-25-22(18-9-4-2-5-10-18)16-23(26-17)27-20-13-8-14-21(15-20)28-24(29)19-11-6-3-7-12-19/h2-16H,1H3,(H,28,29)(H,25,26,27). The van der Waals surface area contributed by atoms with E-state index in [9.17, 15) is 4.79 Å². The number of anilines is 3. The summed E-state index contributed by atoms with van der Waals surface area (Å²) < 4.78 is 0. The normalized spacial score (nSPS) is 10.4. The molecule has 3 aromatic carbocycles. The summed E-state index contributed by atoms with van der Waals surface area (Å²) in [5.41, 5.74) is 4.04. The third kappa shape index (κ3) is 4.65. The summed E-state index contributed by atoms with van der Waals surface area (Å²) in [6.45, 7) is 1.87. The predicted molar refractivity (Wildman–Crippen MR) is 116 cm³/mol. The minimum Gasteiger partial charge on any atom is -0.340 e. The van der Waals surface area contributed by atoms with Gasteiger partial charge in [0.1, 0.15) is 11.6 Å². The number of rotatable bonds is 5. The maximum absolute atomic E-state index is 12.4. The molecule has 0 aliphatic carbocycles. The van der Waals surface area contributed by atoms with E-state index in [-0.39, 0.29) is 5.91 Å². The number of benzene rings is 3. The molecule has 4 rings (SSSR count). The zero-order chi connectivity index (χ0) is 20.1. The number of carbonyl (C=O) groups excluding carboxylic acids is 1. The zero-order valence-corrected chi connectivity index (χ0v) is 16.0. The number of nitrogens with zero attached hydrogens (tertiary/aromatic N) is 2. The average molecular weight is 380 g/mol. The number of hydrogen-bond donors (Lipinski definition) is 2. The summed E-state index contributed by atoms with van der Waals surface area (Å²) in [6, 6.07) is 28.6. The van der Waals surface area contributed by atoms with E-state index in [4.69, 9.17) is 0 Å². The van der Waals surface area contributed by atoms with Gasteiger partial charge < -0.3 is 10.6 Å². The number of aromatic nitrogens is 2. The Morgan fingerprint density at radius 2 is 1.45 bits per heavy atom. The molecule has 0 saturated heterocycles. The molecule has 0 fully saturated rings. The van der Waals surface area contributed by atoms with Gasteiger partial charge in [0.05, 0.1) is 5.69 Å². The topological polar surface area (TPSA) is 66.9 Å². The van der Waals surface area contributed by atoms with Gasteiger partial charge in [0.25, 0.3) is 5.91 Å². The molecule has 0 atom stereocenters. The number of aryl methyl sites for hydroxylation is 1. The van der Waals surface area contributed by atoms with Gasteiger partial charge in [-0.05, 0) is 37.3 Å². The van der Waals surface area contributed by atoms with Crippen LogP contribution in [0.5, 0.6) is 0 Å². The van der Waals surface area contributed by atoms with E-state index >= 15 is 0 Å². The first-order valence-corrected chi connectivity index (χ1v) is 9.32. The van der Waals surface area contributed by atoms with Gasteiger partial charge in [0.15, 0.2) is 0 Å². The molecule has 0 aliphatic heterocycles. The summed E-state index contributed by atoms with van der Waals surface area (Å²) in [5.74, 6) is 1.23. The Kier molecular flexibility index (Phi) is 5.29. The van der Waals surface area contributed by atoms with Crippen LogP contribution < -0.4 is 10.6 Å². The molecule has 5 heteroatoms. The Morgan fingerprint density at radius 3 is 2.21 bits per heavy atom. The van der Waals surface area contributed by atoms with Crippen LogP contribution in [0.3, 0.4) is 0 Å². The Hall–Kier alpha value is -3.99. The van der Waals surface area contributed by atoms with E-state index in [1.165, 1.54) is 0 Å². The van der Waals surface area contributed by atoms with Gasteiger partial charge >= 0.3 is 0 Å². The van der Waals surface area contributed by atoms with Crippen molar-refractivity contribution in [3.05, 3.63) is 102 Å². The van der Waals surface area contributed by atoms with Crippen molar-refractivity contribution in [2.24, 2.45) is 0 Å². The molecule has 0 spiro atoms. The molecule has 5 nitrogen and oxygen atoms in total. The Balaban J connectivity index is 1.54. The number of amides is 1. The van der Waals surface area contributed by atoms with E-state index in [0.29, 0.717) is 22.9 Å². The molecule has 0 saturated carbocycles. The lowest BCUT2D eigenvalue weighted by Gasteiger charge is -2.11. The number of nitrogens with one attached hydrogen (secondary N) is 2. The number of carbonyl (C=O) groups is 1. The van der Waals surface area contributed by atoms with Gasteiger partial charge in [-0.25, -0.2) is 9.97 Å². The number of hydrogen-bond acceptors (Lipinski definition) is 4. The van der Waals surface area contributed by atoms with Crippen molar-refractivity contribution in [1.29, 1.82) is 0 Å². The summed E-state index contributed by atoms with van der Waals surface area (Å²) in [6.07, 6.45) is 0. The molecular weight excluding hydrogens is 360 g/mol. The van der Waals surface area contributed by atoms with Crippen LogP contribution >= 0.6 is 0 Å². The summed E-state index contributed by atoms with van der Waals surface area (Å²) in [4.78, 5) is 21.4. The first kappa shape index (κ1) is 18.4. The van der Waals surface area contributed by atoms with E-state index < -0.39 is 0 Å². The second-order valence-electron chi connectivity index (χ2n) is 6.58. The van der Waals surface area contributed by atoms with E-state index in [1.807, 2.05) is 85.8 Å². The molecule has 0 bridgehead atoms. The van der Waals surface area contributed by atoms with E-state index in [1.54, 1.807) is 12.1 Å². The van der Waals surface area contributed by atoms with Crippen molar-refractivity contribution in [3.8, 4) is 11.3 Å². The summed E-state index contributed by atoms with van der Waals surface area (Å²) in [7, 11) is 0. The Labute approximate surface area is 169 Å². The van der Waals surface area contributed by atoms with Crippen molar-refractivity contribution < 1.29 is 4.79 Å². The smallest absolute Gasteiger partial charge is 0.255 e. The maximum atomic E-state index is 12.4. The van der Waals surface area contributed by atoms with Gasteiger partial charge in [-0.15, -0.1) is 0 Å². The molecule has 29 heavy (non-hydrogen) atoms. The van der Waals surface area contributed by atoms with Crippen molar-refractivity contribution in [2.75, 3.05) is 10.6 Å². The van der Waals surface area contributed by atoms with E-state index in [2.05, 4.69) is 20.6 Å². The highest BCUT2D eigenvalue weighted by Crippen LogP contribution is 2.23. The summed E-state index contributed by atoms with van der Waals surface area (Å²) >= 11 is 0. The van der Waals surface area contributed by atoms with Crippen molar-refractivity contribution >= 4 is 23.1 Å². The fraction of sp³-hybridized carbons (Fsp3) is 0.0417. The molecule has 4 aromatic rings. The monoisotopic (exact) mass is 380 g/mol. The maximum Gasteiger partial charge on any atom is 0.255 e. The van der Waals surface area contributed by atoms with Crippen LogP contribution in [-0.4, -0.2) is 15.9 Å². The van der Waals surface area contributed by atoms with Crippen LogP contribution in [0.15, 0.2) is 91.0 Å².